The molecule has 0 bridgehead atoms. The zero-order valence-corrected chi connectivity index (χ0v) is 17.1. The predicted molar refractivity (Wildman–Crippen MR) is 96.4 cm³/mol. The summed E-state index contributed by atoms with van der Waals surface area (Å²) in [5.74, 6) is -3.68. The number of carboxylic acid groups (broad SMARTS) is 1. The molecule has 0 aliphatic rings. The number of esters is 1. The van der Waals surface area contributed by atoms with E-state index in [1.165, 1.54) is 0 Å². The van der Waals surface area contributed by atoms with Crippen LogP contribution in [0.5, 0.6) is 0 Å². The molecule has 0 fully saturated rings. The van der Waals surface area contributed by atoms with E-state index in [0.717, 1.165) is 25.7 Å². The summed E-state index contributed by atoms with van der Waals surface area (Å²) in [6.07, 6.45) is 1.99. The number of hydrogen-bond acceptors (Lipinski definition) is 8. The summed E-state index contributed by atoms with van der Waals surface area (Å²) in [5.41, 5.74) is 0. The van der Waals surface area contributed by atoms with Crippen LogP contribution in [0.2, 0.25) is 0 Å². The van der Waals surface area contributed by atoms with Gasteiger partial charge in [0.25, 0.3) is 6.29 Å². The number of ether oxygens (including phenoxy) is 5. The van der Waals surface area contributed by atoms with Crippen molar-refractivity contribution in [2.45, 2.75) is 84.9 Å². The van der Waals surface area contributed by atoms with E-state index < -0.39 is 24.2 Å². The summed E-state index contributed by atoms with van der Waals surface area (Å²) < 4.78 is 28.4. The Hall–Kier alpha value is -1.22. The molecule has 0 atom stereocenters. The molecule has 0 saturated carbocycles. The maximum absolute atomic E-state index is 12.3. The van der Waals surface area contributed by atoms with Crippen LogP contribution in [0.15, 0.2) is 0 Å². The van der Waals surface area contributed by atoms with Gasteiger partial charge in [0.2, 0.25) is 0 Å². The Morgan fingerprint density at radius 2 is 1.37 bits per heavy atom. The highest BCUT2D eigenvalue weighted by molar-refractivity contribution is 5.71. The van der Waals surface area contributed by atoms with Crippen LogP contribution in [-0.4, -0.2) is 50.6 Å². The summed E-state index contributed by atoms with van der Waals surface area (Å²) in [5, 5.41) is 10.5. The summed E-state index contributed by atoms with van der Waals surface area (Å²) in [6, 6.07) is 0. The molecule has 0 amide bonds. The maximum Gasteiger partial charge on any atom is 0.383 e. The van der Waals surface area contributed by atoms with E-state index in [2.05, 4.69) is 0 Å². The number of aliphatic carboxylic acids is 1. The molecule has 0 unspecified atom stereocenters. The minimum Gasteiger partial charge on any atom is -0.550 e. The predicted octanol–water partition coefficient (Wildman–Crippen LogP) is 2.14. The van der Waals surface area contributed by atoms with Crippen molar-refractivity contribution >= 4 is 11.9 Å². The zero-order chi connectivity index (χ0) is 20.5. The van der Waals surface area contributed by atoms with Crippen molar-refractivity contribution in [1.82, 2.24) is 0 Å². The lowest BCUT2D eigenvalue weighted by molar-refractivity contribution is -0.441. The van der Waals surface area contributed by atoms with Gasteiger partial charge < -0.3 is 33.6 Å². The van der Waals surface area contributed by atoms with Crippen LogP contribution in [0.1, 0.15) is 72.6 Å². The zero-order valence-electron chi connectivity index (χ0n) is 17.1. The van der Waals surface area contributed by atoms with Gasteiger partial charge in [-0.15, -0.1) is 0 Å². The van der Waals surface area contributed by atoms with Gasteiger partial charge in [-0.2, -0.15) is 0 Å². The van der Waals surface area contributed by atoms with Crippen LogP contribution in [0.4, 0.5) is 0 Å². The van der Waals surface area contributed by atoms with Crippen LogP contribution < -0.4 is 5.11 Å². The van der Waals surface area contributed by atoms with Gasteiger partial charge in [-0.25, -0.2) is 0 Å². The van der Waals surface area contributed by atoms with Crippen LogP contribution in [0.3, 0.4) is 0 Å². The molecule has 0 N–H and O–H groups in total. The lowest BCUT2D eigenvalue weighted by atomic mass is 10.2. The topological polar surface area (TPSA) is 103 Å². The van der Waals surface area contributed by atoms with Gasteiger partial charge in [-0.3, -0.25) is 4.79 Å². The number of unbranched alkanes of at least 4 members (excludes halogenated alkanes) is 2. The molecule has 0 aliphatic heterocycles. The molecule has 0 heterocycles. The molecule has 0 aromatic carbocycles. The van der Waals surface area contributed by atoms with E-state index in [0.29, 0.717) is 26.4 Å². The number of rotatable bonds is 18. The molecule has 0 spiro atoms. The molecule has 8 heteroatoms. The normalized spacial score (nSPS) is 11.7. The number of hydrogen-bond donors (Lipinski definition) is 0. The van der Waals surface area contributed by atoms with Crippen LogP contribution in [0.25, 0.3) is 0 Å². The molecule has 0 aromatic heterocycles. The molecule has 0 aromatic rings. The first-order valence-corrected chi connectivity index (χ1v) is 9.88. The molecule has 27 heavy (non-hydrogen) atoms. The summed E-state index contributed by atoms with van der Waals surface area (Å²) in [4.78, 5) is 22.9. The van der Waals surface area contributed by atoms with Crippen molar-refractivity contribution in [3.8, 4) is 0 Å². The van der Waals surface area contributed by atoms with E-state index >= 15 is 0 Å². The number of carbonyl (C=O) groups is 2. The van der Waals surface area contributed by atoms with E-state index in [9.17, 15) is 14.7 Å². The van der Waals surface area contributed by atoms with Gasteiger partial charge in [-0.1, -0.05) is 26.7 Å². The van der Waals surface area contributed by atoms with Crippen LogP contribution >= 0.6 is 0 Å². The Morgan fingerprint density at radius 1 is 0.852 bits per heavy atom. The van der Waals surface area contributed by atoms with Gasteiger partial charge in [0.15, 0.2) is 0 Å². The van der Waals surface area contributed by atoms with Gasteiger partial charge in [0, 0.05) is 25.6 Å². The van der Waals surface area contributed by atoms with Crippen molar-refractivity contribution in [3.63, 3.8) is 0 Å². The van der Waals surface area contributed by atoms with E-state index in [-0.39, 0.29) is 19.3 Å². The second-order valence-corrected chi connectivity index (χ2v) is 5.95. The Morgan fingerprint density at radius 3 is 1.78 bits per heavy atom. The molecule has 0 saturated heterocycles. The second kappa shape index (κ2) is 15.8. The molecule has 0 aliphatic carbocycles. The molecule has 8 nitrogen and oxygen atoms in total. The Bertz CT molecular complexity index is 383. The first-order chi connectivity index (χ1) is 13.0. The van der Waals surface area contributed by atoms with Crippen molar-refractivity contribution in [2.75, 3.05) is 26.4 Å². The van der Waals surface area contributed by atoms with Gasteiger partial charge in [0.05, 0.1) is 13.2 Å². The maximum atomic E-state index is 12.3. The van der Waals surface area contributed by atoms with Crippen molar-refractivity contribution in [1.29, 1.82) is 0 Å². The summed E-state index contributed by atoms with van der Waals surface area (Å²) in [7, 11) is 0. The summed E-state index contributed by atoms with van der Waals surface area (Å²) >= 11 is 0. The third-order valence-electron chi connectivity index (χ3n) is 3.54. The van der Waals surface area contributed by atoms with E-state index in [1.807, 2.05) is 13.8 Å². The van der Waals surface area contributed by atoms with Gasteiger partial charge in [0.1, 0.15) is 0 Å². The highest BCUT2D eigenvalue weighted by Gasteiger charge is 2.48. The van der Waals surface area contributed by atoms with E-state index in [1.54, 1.807) is 13.8 Å². The van der Waals surface area contributed by atoms with Crippen molar-refractivity contribution in [2.24, 2.45) is 0 Å². The third-order valence-corrected chi connectivity index (χ3v) is 3.54. The van der Waals surface area contributed by atoms with Crippen molar-refractivity contribution in [3.05, 3.63) is 0 Å². The van der Waals surface area contributed by atoms with Crippen LogP contribution in [-0.2, 0) is 33.3 Å². The Kier molecular flexibility index (Phi) is 15.1. The lowest BCUT2D eigenvalue weighted by Gasteiger charge is -2.37. The monoisotopic (exact) mass is 391 g/mol. The third kappa shape index (κ3) is 11.3. The minimum absolute atomic E-state index is 0.102. The largest absolute Gasteiger partial charge is 0.550 e. The van der Waals surface area contributed by atoms with Gasteiger partial charge in [-0.05, 0) is 39.5 Å². The average molecular weight is 391 g/mol. The first kappa shape index (κ1) is 25.8. The molecular weight excluding hydrogens is 356 g/mol. The van der Waals surface area contributed by atoms with Crippen LogP contribution in [0, 0.1) is 0 Å². The Labute approximate surface area is 162 Å². The SMILES string of the molecule is CCCCOC(OCCCC)(OC(=O)CCCC(=O)[O-])C(OCC)OCC. The highest BCUT2D eigenvalue weighted by Crippen LogP contribution is 2.27. The second-order valence-electron chi connectivity index (χ2n) is 5.95. The highest BCUT2D eigenvalue weighted by atomic mass is 16.9. The van der Waals surface area contributed by atoms with Gasteiger partial charge >= 0.3 is 11.9 Å². The molecule has 160 valence electrons. The molecular formula is C19H35O8-. The smallest absolute Gasteiger partial charge is 0.383 e. The standard InChI is InChI=1S/C19H36O8/c1-5-9-14-25-19(26-15-10-6-2,18(23-7-3)24-8-4)27-17(22)13-11-12-16(20)21/h18H,5-15H2,1-4H3,(H,20,21)/p-1. The molecule has 0 rings (SSSR count). The minimum atomic E-state index is -1.82. The fraction of sp³-hybridized carbons (Fsp3) is 0.895. The number of carbonyl (C=O) groups excluding carboxylic acids is 2. The van der Waals surface area contributed by atoms with Crippen molar-refractivity contribution < 1.29 is 38.4 Å². The van der Waals surface area contributed by atoms with E-state index in [4.69, 9.17) is 23.7 Å². The Balaban J connectivity index is 5.35. The quantitative estimate of drug-likeness (QED) is 0.199. The number of carboxylic acids is 1. The average Bonchev–Trinajstić information content (AvgIpc) is 2.61. The fourth-order valence-electron chi connectivity index (χ4n) is 2.14. The lowest BCUT2D eigenvalue weighted by Crippen LogP contribution is -2.54. The summed E-state index contributed by atoms with van der Waals surface area (Å²) in [6.45, 7) is 8.81. The fourth-order valence-corrected chi connectivity index (χ4v) is 2.14. The first-order valence-electron chi connectivity index (χ1n) is 9.88. The molecule has 0 radical (unpaired) electrons.